The molecule has 0 atom stereocenters. The van der Waals surface area contributed by atoms with Crippen molar-refractivity contribution < 1.29 is 13.2 Å². The summed E-state index contributed by atoms with van der Waals surface area (Å²) in [5.74, 6) is -0.399. The van der Waals surface area contributed by atoms with E-state index in [2.05, 4.69) is 0 Å². The molecule has 1 aliphatic heterocycles. The number of sulfonamides is 1. The van der Waals surface area contributed by atoms with E-state index < -0.39 is 15.9 Å². The van der Waals surface area contributed by atoms with Crippen LogP contribution in [0, 0.1) is 20.8 Å². The van der Waals surface area contributed by atoms with Crippen molar-refractivity contribution in [1.29, 1.82) is 0 Å². The molecule has 2 aromatic rings. The number of nitrogens with zero attached hydrogens (tertiary/aromatic N) is 1. The Hall–Kier alpha value is -2.14. The number of fused-ring (bicyclic) bond motifs is 1. The maximum atomic E-state index is 12.8. The standard InChI is InChI=1S/C17H17NO3S/c1-11-4-6-14(7-5-11)22(20,21)18-16-9-12(2)8-13(3)15(16)10-17(18)19/h4-9H,10H2,1-3H3. The number of anilines is 1. The molecule has 0 radical (unpaired) electrons. The molecule has 1 heterocycles. The second kappa shape index (κ2) is 4.95. The number of rotatable bonds is 2. The van der Waals surface area contributed by atoms with E-state index in [0.29, 0.717) is 5.69 Å². The van der Waals surface area contributed by atoms with Crippen LogP contribution in [-0.2, 0) is 21.2 Å². The molecular weight excluding hydrogens is 298 g/mol. The summed E-state index contributed by atoms with van der Waals surface area (Å²) < 4.78 is 26.6. The fourth-order valence-corrected chi connectivity index (χ4v) is 4.27. The first kappa shape index (κ1) is 14.8. The fraction of sp³-hybridized carbons (Fsp3) is 0.235. The second-order valence-corrected chi connectivity index (χ2v) is 7.52. The summed E-state index contributed by atoms with van der Waals surface area (Å²) in [6.07, 6.45) is 0.131. The normalized spacial score (nSPS) is 14.3. The summed E-state index contributed by atoms with van der Waals surface area (Å²) in [6, 6.07) is 10.3. The van der Waals surface area contributed by atoms with Crippen LogP contribution in [0.25, 0.3) is 0 Å². The molecule has 4 nitrogen and oxygen atoms in total. The van der Waals surface area contributed by atoms with Gasteiger partial charge in [-0.1, -0.05) is 23.8 Å². The Morgan fingerprint density at radius 1 is 0.955 bits per heavy atom. The van der Waals surface area contributed by atoms with Gasteiger partial charge in [0.05, 0.1) is 17.0 Å². The van der Waals surface area contributed by atoms with Gasteiger partial charge in [0, 0.05) is 0 Å². The van der Waals surface area contributed by atoms with Crippen LogP contribution >= 0.6 is 0 Å². The number of hydrogen-bond acceptors (Lipinski definition) is 3. The topological polar surface area (TPSA) is 54.5 Å². The molecule has 0 bridgehead atoms. The van der Waals surface area contributed by atoms with Gasteiger partial charge in [0.2, 0.25) is 5.91 Å². The van der Waals surface area contributed by atoms with E-state index in [-0.39, 0.29) is 11.3 Å². The van der Waals surface area contributed by atoms with Gasteiger partial charge >= 0.3 is 0 Å². The number of carbonyl (C=O) groups excluding carboxylic acids is 1. The molecule has 0 aliphatic carbocycles. The van der Waals surface area contributed by atoms with Crippen LogP contribution in [-0.4, -0.2) is 14.3 Å². The van der Waals surface area contributed by atoms with Crippen molar-refractivity contribution >= 4 is 21.6 Å². The predicted octanol–water partition coefficient (Wildman–Crippen LogP) is 2.89. The van der Waals surface area contributed by atoms with Crippen LogP contribution in [0.4, 0.5) is 5.69 Å². The maximum Gasteiger partial charge on any atom is 0.270 e. The lowest BCUT2D eigenvalue weighted by atomic mass is 10.0. The Morgan fingerprint density at radius 2 is 1.59 bits per heavy atom. The van der Waals surface area contributed by atoms with Gasteiger partial charge in [-0.15, -0.1) is 0 Å². The Kier molecular flexibility index (Phi) is 3.33. The Balaban J connectivity index is 2.17. The summed E-state index contributed by atoms with van der Waals surface area (Å²) in [5.41, 5.74) is 4.15. The molecule has 1 aliphatic rings. The van der Waals surface area contributed by atoms with Gasteiger partial charge in [-0.2, -0.15) is 0 Å². The lowest BCUT2D eigenvalue weighted by Crippen LogP contribution is -2.33. The Morgan fingerprint density at radius 3 is 2.23 bits per heavy atom. The van der Waals surface area contributed by atoms with E-state index in [1.807, 2.05) is 26.8 Å². The third kappa shape index (κ3) is 2.22. The van der Waals surface area contributed by atoms with Crippen LogP contribution < -0.4 is 4.31 Å². The molecule has 2 aromatic carbocycles. The van der Waals surface area contributed by atoms with Crippen LogP contribution in [0.1, 0.15) is 22.3 Å². The molecule has 0 unspecified atom stereocenters. The molecule has 0 saturated carbocycles. The monoisotopic (exact) mass is 315 g/mol. The van der Waals surface area contributed by atoms with Crippen molar-refractivity contribution in [2.45, 2.75) is 32.1 Å². The highest BCUT2D eigenvalue weighted by Crippen LogP contribution is 2.36. The minimum absolute atomic E-state index is 0.131. The van der Waals surface area contributed by atoms with E-state index in [0.717, 1.165) is 26.6 Å². The maximum absolute atomic E-state index is 12.8. The molecule has 5 heteroatoms. The number of amides is 1. The Bertz CT molecular complexity index is 868. The SMILES string of the molecule is Cc1ccc(S(=O)(=O)N2C(=O)Cc3c(C)cc(C)cc32)cc1. The molecule has 0 fully saturated rings. The van der Waals surface area contributed by atoms with Crippen molar-refractivity contribution in [3.05, 3.63) is 58.7 Å². The van der Waals surface area contributed by atoms with Gasteiger partial charge in [0.25, 0.3) is 10.0 Å². The quantitative estimate of drug-likeness (QED) is 0.856. The van der Waals surface area contributed by atoms with Crippen LogP contribution in [0.5, 0.6) is 0 Å². The summed E-state index contributed by atoms with van der Waals surface area (Å²) in [5, 5.41) is 0. The predicted molar refractivity (Wildman–Crippen MR) is 85.5 cm³/mol. The summed E-state index contributed by atoms with van der Waals surface area (Å²) in [6.45, 7) is 5.69. The third-order valence-corrected chi connectivity index (χ3v) is 5.68. The van der Waals surface area contributed by atoms with Crippen molar-refractivity contribution in [2.24, 2.45) is 0 Å². The first-order valence-corrected chi connectivity index (χ1v) is 8.49. The average molecular weight is 315 g/mol. The summed E-state index contributed by atoms with van der Waals surface area (Å²) in [7, 11) is -3.87. The average Bonchev–Trinajstić information content (AvgIpc) is 2.76. The highest BCUT2D eigenvalue weighted by atomic mass is 32.2. The number of hydrogen-bond donors (Lipinski definition) is 0. The van der Waals surface area contributed by atoms with Crippen LogP contribution in [0.15, 0.2) is 41.3 Å². The van der Waals surface area contributed by atoms with E-state index in [1.165, 1.54) is 0 Å². The van der Waals surface area contributed by atoms with Crippen LogP contribution in [0.3, 0.4) is 0 Å². The van der Waals surface area contributed by atoms with Crippen LogP contribution in [0.2, 0.25) is 0 Å². The molecule has 3 rings (SSSR count). The van der Waals surface area contributed by atoms with Crippen molar-refractivity contribution in [2.75, 3.05) is 4.31 Å². The second-order valence-electron chi connectivity index (χ2n) is 5.73. The highest BCUT2D eigenvalue weighted by Gasteiger charge is 2.38. The molecular formula is C17H17NO3S. The van der Waals surface area contributed by atoms with Gasteiger partial charge in [0.1, 0.15) is 0 Å². The lowest BCUT2D eigenvalue weighted by Gasteiger charge is -2.18. The molecule has 0 spiro atoms. The fourth-order valence-electron chi connectivity index (χ4n) is 2.82. The number of carbonyl (C=O) groups is 1. The zero-order valence-corrected chi connectivity index (χ0v) is 13.6. The smallest absolute Gasteiger partial charge is 0.270 e. The molecule has 0 saturated heterocycles. The van der Waals surface area contributed by atoms with Gasteiger partial charge in [0.15, 0.2) is 0 Å². The number of aryl methyl sites for hydroxylation is 3. The van der Waals surface area contributed by atoms with Gasteiger partial charge in [-0.3, -0.25) is 4.79 Å². The molecule has 0 aromatic heterocycles. The van der Waals surface area contributed by atoms with E-state index >= 15 is 0 Å². The molecule has 0 N–H and O–H groups in total. The van der Waals surface area contributed by atoms with Crippen molar-refractivity contribution in [1.82, 2.24) is 0 Å². The zero-order valence-electron chi connectivity index (χ0n) is 12.8. The van der Waals surface area contributed by atoms with E-state index in [1.54, 1.807) is 30.3 Å². The highest BCUT2D eigenvalue weighted by molar-refractivity contribution is 7.93. The van der Waals surface area contributed by atoms with E-state index in [9.17, 15) is 13.2 Å². The van der Waals surface area contributed by atoms with Gasteiger partial charge in [-0.25, -0.2) is 12.7 Å². The van der Waals surface area contributed by atoms with Gasteiger partial charge < -0.3 is 0 Å². The largest absolute Gasteiger partial charge is 0.273 e. The van der Waals surface area contributed by atoms with E-state index in [4.69, 9.17) is 0 Å². The minimum Gasteiger partial charge on any atom is -0.273 e. The first-order chi connectivity index (χ1) is 10.3. The third-order valence-electron chi connectivity index (χ3n) is 3.93. The first-order valence-electron chi connectivity index (χ1n) is 7.05. The van der Waals surface area contributed by atoms with Crippen molar-refractivity contribution in [3.63, 3.8) is 0 Å². The molecule has 114 valence electrons. The van der Waals surface area contributed by atoms with Crippen molar-refractivity contribution in [3.8, 4) is 0 Å². The lowest BCUT2D eigenvalue weighted by molar-refractivity contribution is -0.116. The molecule has 22 heavy (non-hydrogen) atoms. The summed E-state index contributed by atoms with van der Waals surface area (Å²) in [4.78, 5) is 12.5. The minimum atomic E-state index is -3.87. The van der Waals surface area contributed by atoms with Gasteiger partial charge in [-0.05, 0) is 55.7 Å². The summed E-state index contributed by atoms with van der Waals surface area (Å²) >= 11 is 0. The molecule has 1 amide bonds. The Labute approximate surface area is 130 Å². The number of benzene rings is 2. The zero-order chi connectivity index (χ0) is 16.1.